The van der Waals surface area contributed by atoms with Crippen molar-refractivity contribution in [3.8, 4) is 5.75 Å². The van der Waals surface area contributed by atoms with Crippen molar-refractivity contribution in [1.82, 2.24) is 0 Å². The van der Waals surface area contributed by atoms with Crippen molar-refractivity contribution in [3.05, 3.63) is 101 Å². The van der Waals surface area contributed by atoms with Crippen molar-refractivity contribution in [2.45, 2.75) is 25.2 Å². The molecule has 0 aliphatic heterocycles. The summed E-state index contributed by atoms with van der Waals surface area (Å²) < 4.78 is 0. The van der Waals surface area contributed by atoms with Gasteiger partial charge in [0.15, 0.2) is 0 Å². The predicted molar refractivity (Wildman–Crippen MR) is 103 cm³/mol. The molecular weight excluding hydrogens is 324 g/mol. The van der Waals surface area contributed by atoms with E-state index in [1.807, 2.05) is 36.4 Å². The molecule has 3 heteroatoms. The summed E-state index contributed by atoms with van der Waals surface area (Å²) in [5.74, 6) is -0.936. The van der Waals surface area contributed by atoms with Crippen LogP contribution in [0.25, 0.3) is 0 Å². The van der Waals surface area contributed by atoms with E-state index in [9.17, 15) is 9.90 Å². The molecular formula is C23H22O3. The van der Waals surface area contributed by atoms with E-state index in [0.717, 1.165) is 12.8 Å². The molecule has 0 saturated carbocycles. The van der Waals surface area contributed by atoms with Crippen LogP contribution in [0.5, 0.6) is 5.75 Å². The third-order valence-corrected chi connectivity index (χ3v) is 4.69. The number of aromatic hydroxyl groups is 1. The van der Waals surface area contributed by atoms with E-state index in [4.69, 9.17) is 5.11 Å². The van der Waals surface area contributed by atoms with Gasteiger partial charge in [0.2, 0.25) is 0 Å². The van der Waals surface area contributed by atoms with Crippen LogP contribution in [0, 0.1) is 0 Å². The van der Waals surface area contributed by atoms with Gasteiger partial charge in [0, 0.05) is 5.92 Å². The topological polar surface area (TPSA) is 57.5 Å². The van der Waals surface area contributed by atoms with Crippen molar-refractivity contribution in [3.63, 3.8) is 0 Å². The van der Waals surface area contributed by atoms with Gasteiger partial charge in [0.25, 0.3) is 0 Å². The van der Waals surface area contributed by atoms with Gasteiger partial charge in [0.05, 0.1) is 0 Å². The fourth-order valence-corrected chi connectivity index (χ4v) is 3.36. The number of rotatable bonds is 7. The molecule has 3 aromatic carbocycles. The number of carboxylic acid groups (broad SMARTS) is 1. The minimum Gasteiger partial charge on any atom is -0.507 e. The zero-order chi connectivity index (χ0) is 18.4. The van der Waals surface area contributed by atoms with Gasteiger partial charge in [-0.15, -0.1) is 0 Å². The van der Waals surface area contributed by atoms with Crippen molar-refractivity contribution in [2.75, 3.05) is 0 Å². The second-order valence-corrected chi connectivity index (χ2v) is 6.38. The quantitative estimate of drug-likeness (QED) is 0.615. The number of aryl methyl sites for hydroxylation is 1. The molecule has 0 radical (unpaired) electrons. The van der Waals surface area contributed by atoms with E-state index in [-0.39, 0.29) is 17.2 Å². The molecule has 0 aliphatic carbocycles. The Bertz CT molecular complexity index is 818. The number of carbonyl (C=O) groups is 1. The first-order valence-electron chi connectivity index (χ1n) is 8.81. The molecule has 26 heavy (non-hydrogen) atoms. The van der Waals surface area contributed by atoms with Crippen molar-refractivity contribution < 1.29 is 15.0 Å². The summed E-state index contributed by atoms with van der Waals surface area (Å²) in [6.45, 7) is 0. The summed E-state index contributed by atoms with van der Waals surface area (Å²) in [6, 6.07) is 25.7. The van der Waals surface area contributed by atoms with E-state index >= 15 is 0 Å². The summed E-state index contributed by atoms with van der Waals surface area (Å²) in [6.07, 6.45) is 2.42. The second-order valence-electron chi connectivity index (χ2n) is 6.38. The molecule has 0 heterocycles. The lowest BCUT2D eigenvalue weighted by Crippen LogP contribution is -2.03. The Morgan fingerprint density at radius 1 is 0.808 bits per heavy atom. The molecule has 0 amide bonds. The molecule has 3 nitrogen and oxygen atoms in total. The maximum atomic E-state index is 11.2. The van der Waals surface area contributed by atoms with E-state index in [1.165, 1.54) is 17.2 Å². The molecule has 3 aromatic rings. The molecule has 132 valence electrons. The number of carboxylic acids is 1. The Kier molecular flexibility index (Phi) is 5.69. The molecule has 0 saturated heterocycles. The SMILES string of the molecule is O=C(O)c1cccc(CCCC(c2ccccc2)c2ccccc2)c1O. The van der Waals surface area contributed by atoms with Gasteiger partial charge in [-0.05, 0) is 42.0 Å². The monoisotopic (exact) mass is 346 g/mol. The number of hydrogen-bond donors (Lipinski definition) is 2. The van der Waals surface area contributed by atoms with Gasteiger partial charge in [-0.3, -0.25) is 0 Å². The first-order valence-corrected chi connectivity index (χ1v) is 8.81. The second kappa shape index (κ2) is 8.34. The molecule has 0 aliphatic rings. The van der Waals surface area contributed by atoms with E-state index in [2.05, 4.69) is 24.3 Å². The van der Waals surface area contributed by atoms with Crippen LogP contribution >= 0.6 is 0 Å². The maximum Gasteiger partial charge on any atom is 0.339 e. The zero-order valence-corrected chi connectivity index (χ0v) is 14.5. The first kappa shape index (κ1) is 17.7. The van der Waals surface area contributed by atoms with Crippen LogP contribution in [-0.2, 0) is 6.42 Å². The summed E-state index contributed by atoms with van der Waals surface area (Å²) in [7, 11) is 0. The number of aromatic carboxylic acids is 1. The molecule has 3 rings (SSSR count). The average Bonchev–Trinajstić information content (AvgIpc) is 2.67. The minimum atomic E-state index is -1.10. The Balaban J connectivity index is 1.75. The molecule has 0 unspecified atom stereocenters. The lowest BCUT2D eigenvalue weighted by atomic mass is 9.86. The predicted octanol–water partition coefficient (Wildman–Crippen LogP) is 5.25. The largest absolute Gasteiger partial charge is 0.507 e. The molecule has 0 fully saturated rings. The van der Waals surface area contributed by atoms with E-state index < -0.39 is 5.97 Å². The van der Waals surface area contributed by atoms with Crippen LogP contribution in [0.4, 0.5) is 0 Å². The number of phenols is 1. The van der Waals surface area contributed by atoms with E-state index in [1.54, 1.807) is 12.1 Å². The molecule has 0 aromatic heterocycles. The normalized spacial score (nSPS) is 10.8. The standard InChI is InChI=1S/C23H22O3/c24-22-19(14-8-16-21(22)23(25)26)13-7-15-20(17-9-3-1-4-10-17)18-11-5-2-6-12-18/h1-6,8-12,14,16,20,24H,7,13,15H2,(H,25,26). The fraction of sp³-hybridized carbons (Fsp3) is 0.174. The Morgan fingerprint density at radius 3 is 1.92 bits per heavy atom. The van der Waals surface area contributed by atoms with Crippen LogP contribution in [0.2, 0.25) is 0 Å². The smallest absolute Gasteiger partial charge is 0.339 e. The lowest BCUT2D eigenvalue weighted by Gasteiger charge is -2.18. The van der Waals surface area contributed by atoms with E-state index in [0.29, 0.717) is 12.0 Å². The third-order valence-electron chi connectivity index (χ3n) is 4.69. The highest BCUT2D eigenvalue weighted by molar-refractivity contribution is 5.91. The highest BCUT2D eigenvalue weighted by Crippen LogP contribution is 2.31. The van der Waals surface area contributed by atoms with Crippen molar-refractivity contribution >= 4 is 5.97 Å². The Hall–Kier alpha value is -3.07. The molecule has 0 atom stereocenters. The van der Waals surface area contributed by atoms with Crippen molar-refractivity contribution in [1.29, 1.82) is 0 Å². The van der Waals surface area contributed by atoms with Gasteiger partial charge in [0.1, 0.15) is 11.3 Å². The third kappa shape index (κ3) is 4.12. The highest BCUT2D eigenvalue weighted by atomic mass is 16.4. The van der Waals surface area contributed by atoms with Gasteiger partial charge >= 0.3 is 5.97 Å². The number of benzene rings is 3. The minimum absolute atomic E-state index is 0.0369. The Morgan fingerprint density at radius 2 is 1.38 bits per heavy atom. The Labute approximate surface area is 153 Å². The number of hydrogen-bond acceptors (Lipinski definition) is 2. The van der Waals surface area contributed by atoms with Crippen molar-refractivity contribution in [2.24, 2.45) is 0 Å². The fourth-order valence-electron chi connectivity index (χ4n) is 3.36. The molecule has 0 spiro atoms. The first-order chi connectivity index (χ1) is 12.7. The van der Waals surface area contributed by atoms with Gasteiger partial charge < -0.3 is 10.2 Å². The summed E-state index contributed by atoms with van der Waals surface area (Å²) >= 11 is 0. The highest BCUT2D eigenvalue weighted by Gasteiger charge is 2.16. The van der Waals surface area contributed by atoms with Crippen LogP contribution < -0.4 is 0 Å². The van der Waals surface area contributed by atoms with Crippen LogP contribution in [0.3, 0.4) is 0 Å². The lowest BCUT2D eigenvalue weighted by molar-refractivity contribution is 0.0693. The van der Waals surface area contributed by atoms with Crippen LogP contribution in [0.15, 0.2) is 78.9 Å². The van der Waals surface area contributed by atoms with Gasteiger partial charge in [-0.1, -0.05) is 72.8 Å². The van der Waals surface area contributed by atoms with Gasteiger partial charge in [-0.25, -0.2) is 4.79 Å². The summed E-state index contributed by atoms with van der Waals surface area (Å²) in [5.41, 5.74) is 3.18. The summed E-state index contributed by atoms with van der Waals surface area (Å²) in [5, 5.41) is 19.3. The van der Waals surface area contributed by atoms with Crippen LogP contribution in [0.1, 0.15) is 45.8 Å². The molecule has 0 bridgehead atoms. The van der Waals surface area contributed by atoms with Crippen LogP contribution in [-0.4, -0.2) is 16.2 Å². The zero-order valence-electron chi connectivity index (χ0n) is 14.5. The maximum absolute atomic E-state index is 11.2. The van der Waals surface area contributed by atoms with Gasteiger partial charge in [-0.2, -0.15) is 0 Å². The average molecular weight is 346 g/mol. The number of para-hydroxylation sites is 1. The molecule has 2 N–H and O–H groups in total. The summed E-state index contributed by atoms with van der Waals surface area (Å²) in [4.78, 5) is 11.2.